The average molecular weight is 1480 g/mol. The third-order valence-corrected chi connectivity index (χ3v) is 20.7. The van der Waals surface area contributed by atoms with Gasteiger partial charge in [0, 0.05) is 112 Å². The van der Waals surface area contributed by atoms with Gasteiger partial charge in [0.1, 0.15) is 5.75 Å². The molecule has 0 aliphatic heterocycles. The predicted molar refractivity (Wildman–Crippen MR) is 409 cm³/mol. The van der Waals surface area contributed by atoms with Gasteiger partial charge in [-0.15, -0.1) is 0 Å². The van der Waals surface area contributed by atoms with E-state index in [1.807, 2.05) is 91.0 Å². The monoisotopic (exact) mass is 1480 g/mol. The van der Waals surface area contributed by atoms with Gasteiger partial charge in [0.05, 0.1) is 17.8 Å². The zero-order chi connectivity index (χ0) is 76.9. The first kappa shape index (κ1) is 85.0. The molecule has 4 aromatic rings. The summed E-state index contributed by atoms with van der Waals surface area (Å²) in [6.07, 6.45) is 11.7. The second kappa shape index (κ2) is 46.1. The zero-order valence-electron chi connectivity index (χ0n) is 62.1. The highest BCUT2D eigenvalue weighted by Gasteiger charge is 2.39. The Morgan fingerprint density at radius 1 is 0.346 bits per heavy atom. The highest BCUT2D eigenvalue weighted by molar-refractivity contribution is 5.87. The van der Waals surface area contributed by atoms with Crippen molar-refractivity contribution in [2.24, 2.45) is 46.4 Å². The first-order chi connectivity index (χ1) is 51.6. The van der Waals surface area contributed by atoms with E-state index < -0.39 is 102 Å². The largest absolute Gasteiger partial charge is 0.508 e. The first-order valence-corrected chi connectivity index (χ1v) is 38.9. The molecule has 584 valence electrons. The van der Waals surface area contributed by atoms with Crippen molar-refractivity contribution in [1.82, 2.24) is 47.9 Å². The lowest BCUT2D eigenvalue weighted by atomic mass is 9.81. The summed E-state index contributed by atoms with van der Waals surface area (Å²) < 4.78 is 0. The number of aromatic hydroxyl groups is 1. The minimum atomic E-state index is -0.870. The van der Waals surface area contributed by atoms with Crippen LogP contribution in [0, 0.1) is 17.8 Å². The van der Waals surface area contributed by atoms with Gasteiger partial charge in [0.2, 0.25) is 65.0 Å². The molecule has 7 rings (SSSR count). The van der Waals surface area contributed by atoms with Crippen LogP contribution in [0.25, 0.3) is 0 Å². The Kier molecular flexibility index (Phi) is 36.6. The molecule has 0 heterocycles. The molecule has 11 amide bonds. The van der Waals surface area contributed by atoms with Gasteiger partial charge >= 0.3 is 0 Å². The molecule has 13 atom stereocenters. The maximum atomic E-state index is 14.7. The zero-order valence-corrected chi connectivity index (χ0v) is 62.1. The second-order valence-electron chi connectivity index (χ2n) is 29.8. The van der Waals surface area contributed by atoms with Crippen LogP contribution in [0.15, 0.2) is 115 Å². The SMILES string of the molecule is NCCCC[C@@H](CC(N)=O)NC(=O)C[C@H](Cc1ccccc1)NC(=O)[C@H]1CCCC[C@@H]1NC(=O)[C@H]1CCCC[C@@H]1NC(=O)C[C@H](CCC(N)=O)NC(=O)C[C@H](Cc1ccccc1)NC(=O)[C@H]1CCCC[C@@H]1NC(=O)C[C@H](Cc1ccccc1)NC(=O)C[C@H](CCCCN)NC(=O)C[C@@H](N)Cc1ccc(O)cc1. The number of carbonyl (C=O) groups excluding carboxylic acids is 11. The van der Waals surface area contributed by atoms with Crippen molar-refractivity contribution in [2.45, 2.75) is 259 Å². The Bertz CT molecular complexity index is 3460. The van der Waals surface area contributed by atoms with E-state index in [-0.39, 0.29) is 111 Å². The number of rotatable bonds is 45. The summed E-state index contributed by atoms with van der Waals surface area (Å²) in [5.41, 5.74) is 32.6. The molecule has 0 aromatic heterocycles. The molecule has 26 nitrogen and oxygen atoms in total. The first-order valence-electron chi connectivity index (χ1n) is 38.9. The Balaban J connectivity index is 0.960. The van der Waals surface area contributed by atoms with Crippen molar-refractivity contribution >= 4 is 65.0 Å². The lowest BCUT2D eigenvalue weighted by molar-refractivity contribution is -0.133. The van der Waals surface area contributed by atoms with Crippen LogP contribution >= 0.6 is 0 Å². The van der Waals surface area contributed by atoms with E-state index in [1.165, 1.54) is 0 Å². The van der Waals surface area contributed by atoms with Gasteiger partial charge in [-0.1, -0.05) is 154 Å². The summed E-state index contributed by atoms with van der Waals surface area (Å²) >= 11 is 0. The molecule has 0 spiro atoms. The average Bonchev–Trinajstić information content (AvgIpc) is 0.832. The van der Waals surface area contributed by atoms with Crippen molar-refractivity contribution in [3.05, 3.63) is 138 Å². The van der Waals surface area contributed by atoms with Crippen LogP contribution in [0.5, 0.6) is 5.75 Å². The van der Waals surface area contributed by atoms with Crippen LogP contribution in [0.4, 0.5) is 0 Å². The Labute approximate surface area is 630 Å². The van der Waals surface area contributed by atoms with E-state index in [1.54, 1.807) is 24.3 Å². The summed E-state index contributed by atoms with van der Waals surface area (Å²) in [5.74, 6) is -6.25. The minimum absolute atomic E-state index is 0.00968. The third kappa shape index (κ3) is 32.0. The smallest absolute Gasteiger partial charge is 0.225 e. The van der Waals surface area contributed by atoms with Crippen molar-refractivity contribution < 1.29 is 57.8 Å². The van der Waals surface area contributed by atoms with E-state index in [2.05, 4.69) is 47.9 Å². The van der Waals surface area contributed by atoms with Crippen molar-refractivity contribution in [3.63, 3.8) is 0 Å². The van der Waals surface area contributed by atoms with Crippen LogP contribution in [-0.2, 0) is 78.4 Å². The lowest BCUT2D eigenvalue weighted by Gasteiger charge is -2.36. The Hall–Kier alpha value is -9.27. The maximum Gasteiger partial charge on any atom is 0.225 e. The Morgan fingerprint density at radius 2 is 0.682 bits per heavy atom. The second-order valence-corrected chi connectivity index (χ2v) is 29.8. The van der Waals surface area contributed by atoms with Gasteiger partial charge in [-0.25, -0.2) is 0 Å². The molecule has 4 aromatic carbocycles. The normalized spacial score (nSPS) is 19.8. The molecule has 3 aliphatic carbocycles. The van der Waals surface area contributed by atoms with Gasteiger partial charge in [0.15, 0.2) is 0 Å². The number of nitrogens with two attached hydrogens (primary N) is 5. The number of benzene rings is 4. The molecular weight excluding hydrogens is 1360 g/mol. The highest BCUT2D eigenvalue weighted by atomic mass is 16.3. The molecule has 0 unspecified atom stereocenters. The quantitative estimate of drug-likeness (QED) is 0.0268. The molecule has 0 bridgehead atoms. The van der Waals surface area contributed by atoms with E-state index in [4.69, 9.17) is 28.7 Å². The van der Waals surface area contributed by atoms with E-state index in [9.17, 15) is 57.8 Å². The molecule has 26 heteroatoms. The van der Waals surface area contributed by atoms with Gasteiger partial charge in [-0.3, -0.25) is 52.7 Å². The summed E-state index contributed by atoms with van der Waals surface area (Å²) in [7, 11) is 0. The fourth-order valence-corrected chi connectivity index (χ4v) is 15.3. The number of phenols is 1. The van der Waals surface area contributed by atoms with E-state index >= 15 is 0 Å². The van der Waals surface area contributed by atoms with E-state index in [0.717, 1.165) is 60.8 Å². The predicted octanol–water partition coefficient (Wildman–Crippen LogP) is 4.66. The molecule has 20 N–H and O–H groups in total. The molecule has 0 saturated heterocycles. The number of carbonyl (C=O) groups is 11. The number of primary amides is 2. The molecule has 0 radical (unpaired) electrons. The maximum absolute atomic E-state index is 14.7. The highest BCUT2D eigenvalue weighted by Crippen LogP contribution is 2.30. The standard InChI is InChI=1S/C81H118N14O12/c82-40-18-16-26-58(47-72(86)98)87-75(101)51-62(44-54-22-6-2-7-23-54)92-80(106)67-30-12-15-33-70(67)95-81(107)66-29-11-14-32-69(66)93-77(103)49-60(36-39-71(85)97)89-76(102)52-63(45-55-24-8-3-9-25-55)91-79(105)65-28-10-13-31-68(65)94-78(104)50-61(43-53-20-4-1-5-21-53)90-74(100)48-59(27-17-19-41-83)88-73(99)46-57(84)42-56-34-37-64(96)38-35-56/h1-9,20-25,34-35,37-38,57-63,65-70,96H,10-19,26-33,36,39-52,82-84H2,(H2,85,97)(H2,86,98)(H,87,101)(H,88,99)(H,89,102)(H,90,100)(H,91,105)(H,92,106)(H,93,103)(H,94,104)(H,95,107)/t57-,58-,59-,60-,61-,62-,63-,65-,66-,67-,68-,69-,70-/m0/s1. The molecule has 3 fully saturated rings. The number of unbranched alkanes of at least 4 members (excludes halogenated alkanes) is 2. The van der Waals surface area contributed by atoms with Crippen molar-refractivity contribution in [2.75, 3.05) is 13.1 Å². The van der Waals surface area contributed by atoms with Gasteiger partial charge in [-0.05, 0) is 144 Å². The van der Waals surface area contributed by atoms with Gasteiger partial charge < -0.3 is 81.6 Å². The molecule has 107 heavy (non-hydrogen) atoms. The Morgan fingerprint density at radius 3 is 1.10 bits per heavy atom. The van der Waals surface area contributed by atoms with Crippen molar-refractivity contribution in [1.29, 1.82) is 0 Å². The van der Waals surface area contributed by atoms with Crippen molar-refractivity contribution in [3.8, 4) is 5.75 Å². The van der Waals surface area contributed by atoms with Crippen LogP contribution < -0.4 is 76.5 Å². The summed E-state index contributed by atoms with van der Waals surface area (Å²) in [5, 5.41) is 37.5. The van der Waals surface area contributed by atoms with Crippen LogP contribution in [-0.4, -0.2) is 144 Å². The summed E-state index contributed by atoms with van der Waals surface area (Å²) in [4.78, 5) is 152. The summed E-state index contributed by atoms with van der Waals surface area (Å²) in [6.45, 7) is 0.913. The number of nitrogens with one attached hydrogen (secondary N) is 9. The van der Waals surface area contributed by atoms with Gasteiger partial charge in [0.25, 0.3) is 0 Å². The number of phenolic OH excluding ortho intramolecular Hbond substituents is 1. The molecule has 3 aliphatic rings. The summed E-state index contributed by atoms with van der Waals surface area (Å²) in [6, 6.07) is 28.8. The van der Waals surface area contributed by atoms with Gasteiger partial charge in [-0.2, -0.15) is 0 Å². The number of hydrogen-bond donors (Lipinski definition) is 15. The van der Waals surface area contributed by atoms with Crippen LogP contribution in [0.2, 0.25) is 0 Å². The molecular formula is C81H118N14O12. The fraction of sp³-hybridized carbons (Fsp3) is 0.568. The van der Waals surface area contributed by atoms with E-state index in [0.29, 0.717) is 109 Å². The van der Waals surface area contributed by atoms with Crippen LogP contribution in [0.3, 0.4) is 0 Å². The fourth-order valence-electron chi connectivity index (χ4n) is 15.3. The topological polar surface area (TPSA) is 446 Å². The lowest BCUT2D eigenvalue weighted by Crippen LogP contribution is -2.55. The molecule has 3 saturated carbocycles. The minimum Gasteiger partial charge on any atom is -0.508 e. The van der Waals surface area contributed by atoms with Crippen LogP contribution in [0.1, 0.15) is 196 Å². The third-order valence-electron chi connectivity index (χ3n) is 20.7. The number of amides is 11. The number of hydrogen-bond acceptors (Lipinski definition) is 15.